The monoisotopic (exact) mass is 280 g/mol. The summed E-state index contributed by atoms with van der Waals surface area (Å²) in [5.41, 5.74) is 0.679. The molecule has 1 aliphatic rings. The first-order chi connectivity index (χ1) is 9.56. The minimum Gasteiger partial charge on any atom is -0.475 e. The van der Waals surface area contributed by atoms with Crippen LogP contribution < -0.4 is 5.32 Å². The number of aromatic carboxylic acids is 1. The SMILES string of the molecule is Cc1cc(CNC(C)CN2CCCCC2)oc1C(=O)O. The number of hydrogen-bond acceptors (Lipinski definition) is 4. The standard InChI is InChI=1S/C15H24N2O3/c1-11-8-13(20-14(11)15(18)19)9-16-12(2)10-17-6-4-3-5-7-17/h8,12,16H,3-7,9-10H2,1-2H3,(H,18,19). The van der Waals surface area contributed by atoms with Crippen LogP contribution in [-0.2, 0) is 6.54 Å². The fourth-order valence-corrected chi connectivity index (χ4v) is 2.72. The lowest BCUT2D eigenvalue weighted by atomic mass is 10.1. The lowest BCUT2D eigenvalue weighted by Gasteiger charge is -2.29. The zero-order valence-electron chi connectivity index (χ0n) is 12.3. The Morgan fingerprint density at radius 3 is 2.75 bits per heavy atom. The van der Waals surface area contributed by atoms with E-state index in [2.05, 4.69) is 17.1 Å². The summed E-state index contributed by atoms with van der Waals surface area (Å²) >= 11 is 0. The zero-order valence-corrected chi connectivity index (χ0v) is 12.3. The number of carboxylic acids is 1. The van der Waals surface area contributed by atoms with Crippen LogP contribution in [0.3, 0.4) is 0 Å². The summed E-state index contributed by atoms with van der Waals surface area (Å²) < 4.78 is 5.34. The number of nitrogens with one attached hydrogen (secondary N) is 1. The molecule has 0 saturated carbocycles. The lowest BCUT2D eigenvalue weighted by Crippen LogP contribution is -2.41. The van der Waals surface area contributed by atoms with Gasteiger partial charge >= 0.3 is 5.97 Å². The number of carboxylic acid groups (broad SMARTS) is 1. The molecule has 0 aliphatic carbocycles. The Labute approximate surface area is 119 Å². The van der Waals surface area contributed by atoms with Crippen LogP contribution in [0.5, 0.6) is 0 Å². The van der Waals surface area contributed by atoms with Gasteiger partial charge in [0.25, 0.3) is 0 Å². The van der Waals surface area contributed by atoms with Gasteiger partial charge in [0.1, 0.15) is 5.76 Å². The smallest absolute Gasteiger partial charge is 0.372 e. The lowest BCUT2D eigenvalue weighted by molar-refractivity contribution is 0.0659. The van der Waals surface area contributed by atoms with Crippen LogP contribution in [-0.4, -0.2) is 41.7 Å². The van der Waals surface area contributed by atoms with Crippen molar-refractivity contribution in [2.24, 2.45) is 0 Å². The number of carbonyl (C=O) groups is 1. The molecule has 1 aliphatic heterocycles. The molecule has 0 aromatic carbocycles. The van der Waals surface area contributed by atoms with E-state index in [1.807, 2.05) is 0 Å². The van der Waals surface area contributed by atoms with Crippen molar-refractivity contribution in [1.82, 2.24) is 10.2 Å². The topological polar surface area (TPSA) is 65.7 Å². The molecule has 0 radical (unpaired) electrons. The molecule has 1 aromatic rings. The summed E-state index contributed by atoms with van der Waals surface area (Å²) in [5, 5.41) is 12.3. The van der Waals surface area contributed by atoms with Crippen molar-refractivity contribution < 1.29 is 14.3 Å². The summed E-state index contributed by atoms with van der Waals surface area (Å²) in [6.07, 6.45) is 3.94. The van der Waals surface area contributed by atoms with Gasteiger partial charge in [-0.1, -0.05) is 6.42 Å². The van der Waals surface area contributed by atoms with Crippen LogP contribution in [0.2, 0.25) is 0 Å². The van der Waals surface area contributed by atoms with E-state index >= 15 is 0 Å². The molecule has 0 spiro atoms. The molecule has 2 heterocycles. The molecule has 0 amide bonds. The zero-order chi connectivity index (χ0) is 14.5. The van der Waals surface area contributed by atoms with Gasteiger partial charge in [0, 0.05) is 18.2 Å². The molecule has 2 N–H and O–H groups in total. The van der Waals surface area contributed by atoms with Crippen molar-refractivity contribution in [2.75, 3.05) is 19.6 Å². The Morgan fingerprint density at radius 1 is 1.45 bits per heavy atom. The van der Waals surface area contributed by atoms with E-state index in [9.17, 15) is 4.79 Å². The Bertz CT molecular complexity index is 450. The predicted octanol–water partition coefficient (Wildman–Crippen LogP) is 2.25. The average Bonchev–Trinajstić information content (AvgIpc) is 2.79. The van der Waals surface area contributed by atoms with E-state index in [4.69, 9.17) is 9.52 Å². The van der Waals surface area contributed by atoms with E-state index in [0.29, 0.717) is 23.9 Å². The van der Waals surface area contributed by atoms with Gasteiger partial charge in [0.2, 0.25) is 5.76 Å². The molecule has 5 nitrogen and oxygen atoms in total. The fourth-order valence-electron chi connectivity index (χ4n) is 2.72. The first-order valence-electron chi connectivity index (χ1n) is 7.34. The summed E-state index contributed by atoms with van der Waals surface area (Å²) in [4.78, 5) is 13.4. The van der Waals surface area contributed by atoms with Crippen LogP contribution in [0.4, 0.5) is 0 Å². The summed E-state index contributed by atoms with van der Waals surface area (Å²) in [6, 6.07) is 2.16. The van der Waals surface area contributed by atoms with Crippen molar-refractivity contribution >= 4 is 5.97 Å². The highest BCUT2D eigenvalue weighted by Gasteiger charge is 2.16. The number of likely N-dealkylation sites (tertiary alicyclic amines) is 1. The molecule has 1 saturated heterocycles. The molecule has 1 fully saturated rings. The second-order valence-corrected chi connectivity index (χ2v) is 5.67. The Kier molecular flexibility index (Phi) is 5.20. The molecule has 1 atom stereocenters. The van der Waals surface area contributed by atoms with Crippen molar-refractivity contribution in [3.05, 3.63) is 23.2 Å². The highest BCUT2D eigenvalue weighted by atomic mass is 16.4. The van der Waals surface area contributed by atoms with Crippen LogP contribution in [0.25, 0.3) is 0 Å². The third-order valence-corrected chi connectivity index (χ3v) is 3.77. The largest absolute Gasteiger partial charge is 0.475 e. The number of rotatable bonds is 6. The van der Waals surface area contributed by atoms with Gasteiger partial charge in [-0.2, -0.15) is 0 Å². The Morgan fingerprint density at radius 2 is 2.15 bits per heavy atom. The van der Waals surface area contributed by atoms with Crippen LogP contribution >= 0.6 is 0 Å². The molecule has 1 unspecified atom stereocenters. The van der Waals surface area contributed by atoms with Crippen LogP contribution in [0.15, 0.2) is 10.5 Å². The fraction of sp³-hybridized carbons (Fsp3) is 0.667. The van der Waals surface area contributed by atoms with E-state index in [-0.39, 0.29) is 5.76 Å². The molecule has 1 aromatic heterocycles. The van der Waals surface area contributed by atoms with Crippen molar-refractivity contribution in [2.45, 2.75) is 45.7 Å². The highest BCUT2D eigenvalue weighted by molar-refractivity contribution is 5.86. The second-order valence-electron chi connectivity index (χ2n) is 5.67. The molecular weight excluding hydrogens is 256 g/mol. The number of furan rings is 1. The molecule has 5 heteroatoms. The number of aryl methyl sites for hydroxylation is 1. The minimum atomic E-state index is -1.00. The summed E-state index contributed by atoms with van der Waals surface area (Å²) in [5.74, 6) is -0.272. The average molecular weight is 280 g/mol. The molecule has 20 heavy (non-hydrogen) atoms. The van der Waals surface area contributed by atoms with E-state index in [1.54, 1.807) is 13.0 Å². The van der Waals surface area contributed by atoms with Gasteiger partial charge in [0.05, 0.1) is 6.54 Å². The highest BCUT2D eigenvalue weighted by Crippen LogP contribution is 2.15. The maximum Gasteiger partial charge on any atom is 0.372 e. The van der Waals surface area contributed by atoms with E-state index in [1.165, 1.54) is 32.4 Å². The molecule has 0 bridgehead atoms. The summed E-state index contributed by atoms with van der Waals surface area (Å²) in [6.45, 7) is 7.90. The minimum absolute atomic E-state index is 0.0467. The Balaban J connectivity index is 1.79. The quantitative estimate of drug-likeness (QED) is 0.836. The number of nitrogens with zero attached hydrogens (tertiary/aromatic N) is 1. The van der Waals surface area contributed by atoms with Gasteiger partial charge < -0.3 is 19.7 Å². The molecular formula is C15H24N2O3. The second kappa shape index (κ2) is 6.90. The van der Waals surface area contributed by atoms with Gasteiger partial charge in [-0.05, 0) is 45.8 Å². The Hall–Kier alpha value is -1.33. The van der Waals surface area contributed by atoms with Gasteiger partial charge in [-0.15, -0.1) is 0 Å². The van der Waals surface area contributed by atoms with Crippen molar-refractivity contribution in [1.29, 1.82) is 0 Å². The molecule has 112 valence electrons. The number of hydrogen-bond donors (Lipinski definition) is 2. The van der Waals surface area contributed by atoms with Gasteiger partial charge in [-0.3, -0.25) is 0 Å². The van der Waals surface area contributed by atoms with E-state index < -0.39 is 5.97 Å². The third-order valence-electron chi connectivity index (χ3n) is 3.77. The predicted molar refractivity (Wildman–Crippen MR) is 77.0 cm³/mol. The third kappa shape index (κ3) is 4.08. The maximum absolute atomic E-state index is 10.9. The summed E-state index contributed by atoms with van der Waals surface area (Å²) in [7, 11) is 0. The molecule has 2 rings (SSSR count). The van der Waals surface area contributed by atoms with Crippen LogP contribution in [0.1, 0.15) is 48.1 Å². The van der Waals surface area contributed by atoms with E-state index in [0.717, 1.165) is 6.54 Å². The maximum atomic E-state index is 10.9. The van der Waals surface area contributed by atoms with Gasteiger partial charge in [-0.25, -0.2) is 4.79 Å². The first kappa shape index (κ1) is 15.1. The van der Waals surface area contributed by atoms with Crippen molar-refractivity contribution in [3.63, 3.8) is 0 Å². The van der Waals surface area contributed by atoms with Crippen molar-refractivity contribution in [3.8, 4) is 0 Å². The number of piperidine rings is 1. The van der Waals surface area contributed by atoms with Gasteiger partial charge in [0.15, 0.2) is 0 Å². The van der Waals surface area contributed by atoms with Crippen LogP contribution in [0, 0.1) is 6.92 Å². The first-order valence-corrected chi connectivity index (χ1v) is 7.34. The normalized spacial score (nSPS) is 18.1.